The van der Waals surface area contributed by atoms with E-state index in [9.17, 15) is 4.79 Å². The molecule has 21 heavy (non-hydrogen) atoms. The van der Waals surface area contributed by atoms with Crippen molar-refractivity contribution in [2.24, 2.45) is 5.41 Å². The minimum Gasteiger partial charge on any atom is -0.493 e. The number of hydrogen-bond acceptors (Lipinski definition) is 3. The van der Waals surface area contributed by atoms with Gasteiger partial charge in [-0.25, -0.2) is 0 Å². The first-order chi connectivity index (χ1) is 10.2. The van der Waals surface area contributed by atoms with Gasteiger partial charge in [0.15, 0.2) is 0 Å². The van der Waals surface area contributed by atoms with Crippen LogP contribution in [0.1, 0.15) is 30.4 Å². The topological polar surface area (TPSA) is 58.6 Å². The monoisotopic (exact) mass is 287 g/mol. The molecule has 3 rings (SSSR count). The molecular weight excluding hydrogens is 266 g/mol. The van der Waals surface area contributed by atoms with Gasteiger partial charge in [-0.15, -0.1) is 0 Å². The summed E-state index contributed by atoms with van der Waals surface area (Å²) in [6.45, 7) is 1.60. The van der Waals surface area contributed by atoms with Crippen molar-refractivity contribution in [2.45, 2.75) is 25.7 Å². The number of fused-ring (bicyclic) bond motifs is 1. The van der Waals surface area contributed by atoms with Gasteiger partial charge in [0.1, 0.15) is 5.75 Å². The lowest BCUT2D eigenvalue weighted by Crippen LogP contribution is -2.29. The van der Waals surface area contributed by atoms with Crippen LogP contribution in [0, 0.1) is 5.41 Å². The molecule has 1 heterocycles. The molecule has 1 aliphatic carbocycles. The van der Waals surface area contributed by atoms with Crippen LogP contribution >= 0.6 is 0 Å². The zero-order valence-electron chi connectivity index (χ0n) is 12.1. The highest BCUT2D eigenvalue weighted by molar-refractivity contribution is 5.91. The Bertz CT molecular complexity index is 561. The lowest BCUT2D eigenvalue weighted by atomic mass is 10.0. The van der Waals surface area contributed by atoms with Crippen LogP contribution in [0.15, 0.2) is 24.3 Å². The van der Waals surface area contributed by atoms with Crippen LogP contribution in [0.3, 0.4) is 0 Å². The zero-order chi connectivity index (χ0) is 14.7. The molecule has 0 unspecified atom stereocenters. The van der Waals surface area contributed by atoms with Gasteiger partial charge in [0, 0.05) is 25.6 Å². The third-order valence-corrected chi connectivity index (χ3v) is 4.38. The van der Waals surface area contributed by atoms with Crippen molar-refractivity contribution in [1.29, 1.82) is 0 Å². The van der Waals surface area contributed by atoms with Crippen LogP contribution in [0.4, 0.5) is 0 Å². The van der Waals surface area contributed by atoms with Gasteiger partial charge in [-0.2, -0.15) is 0 Å². The van der Waals surface area contributed by atoms with Crippen molar-refractivity contribution in [3.05, 3.63) is 35.4 Å². The van der Waals surface area contributed by atoms with Crippen molar-refractivity contribution in [1.82, 2.24) is 5.32 Å². The van der Waals surface area contributed by atoms with Gasteiger partial charge in [-0.1, -0.05) is 6.07 Å². The van der Waals surface area contributed by atoms with Crippen LogP contribution in [-0.2, 0) is 11.2 Å². The zero-order valence-corrected chi connectivity index (χ0v) is 12.1. The molecule has 0 bridgehead atoms. The Hall–Kier alpha value is -1.81. The molecule has 4 nitrogen and oxygen atoms in total. The number of amides is 1. The first kappa shape index (κ1) is 14.1. The summed E-state index contributed by atoms with van der Waals surface area (Å²) in [7, 11) is 0. The molecule has 0 aromatic heterocycles. The maximum Gasteiger partial charge on any atom is 0.244 e. The van der Waals surface area contributed by atoms with Crippen molar-refractivity contribution in [3.63, 3.8) is 0 Å². The number of benzene rings is 1. The molecule has 0 atom stereocenters. The van der Waals surface area contributed by atoms with Crippen molar-refractivity contribution >= 4 is 12.0 Å². The summed E-state index contributed by atoms with van der Waals surface area (Å²) in [6.07, 6.45) is 7.32. The Morgan fingerprint density at radius 3 is 3.05 bits per heavy atom. The molecule has 0 saturated heterocycles. The summed E-state index contributed by atoms with van der Waals surface area (Å²) in [5.74, 6) is 0.882. The fraction of sp³-hybridized carbons (Fsp3) is 0.471. The number of ether oxygens (including phenoxy) is 1. The maximum atomic E-state index is 11.8. The standard InChI is InChI=1S/C17H21NO3/c19-9-8-17(6-7-17)12-18-16(20)4-2-13-1-3-15-14(11-13)5-10-21-15/h1-4,11,19H,5-10,12H2,(H,18,20)/b4-2+. The minimum absolute atomic E-state index is 0.0732. The van der Waals surface area contributed by atoms with Gasteiger partial charge in [-0.3, -0.25) is 4.79 Å². The fourth-order valence-electron chi connectivity index (χ4n) is 2.74. The van der Waals surface area contributed by atoms with E-state index in [1.165, 1.54) is 5.56 Å². The van der Waals surface area contributed by atoms with Gasteiger partial charge in [0.05, 0.1) is 6.61 Å². The van der Waals surface area contributed by atoms with Crippen molar-refractivity contribution < 1.29 is 14.6 Å². The first-order valence-corrected chi connectivity index (χ1v) is 7.53. The van der Waals surface area contributed by atoms with E-state index < -0.39 is 0 Å². The van der Waals surface area contributed by atoms with Gasteiger partial charge >= 0.3 is 0 Å². The highest BCUT2D eigenvalue weighted by atomic mass is 16.5. The Balaban J connectivity index is 1.52. The molecule has 1 saturated carbocycles. The molecule has 1 amide bonds. The van der Waals surface area contributed by atoms with E-state index in [0.29, 0.717) is 6.54 Å². The quantitative estimate of drug-likeness (QED) is 0.786. The second-order valence-corrected chi connectivity index (χ2v) is 5.99. The van der Waals surface area contributed by atoms with Crippen LogP contribution in [0.2, 0.25) is 0 Å². The Morgan fingerprint density at radius 1 is 1.43 bits per heavy atom. The molecular formula is C17H21NO3. The van der Waals surface area contributed by atoms with E-state index in [4.69, 9.17) is 9.84 Å². The molecule has 112 valence electrons. The number of aliphatic hydroxyl groups excluding tert-OH is 1. The van der Waals surface area contributed by atoms with E-state index >= 15 is 0 Å². The van der Waals surface area contributed by atoms with Crippen LogP contribution in [-0.4, -0.2) is 30.8 Å². The Kier molecular flexibility index (Phi) is 3.97. The lowest BCUT2D eigenvalue weighted by Gasteiger charge is -2.13. The number of carbonyl (C=O) groups is 1. The minimum atomic E-state index is -0.0732. The van der Waals surface area contributed by atoms with E-state index in [2.05, 4.69) is 11.4 Å². The molecule has 1 aliphatic heterocycles. The van der Waals surface area contributed by atoms with Gasteiger partial charge < -0.3 is 15.2 Å². The van der Waals surface area contributed by atoms with Crippen LogP contribution in [0.25, 0.3) is 6.08 Å². The molecule has 4 heteroatoms. The molecule has 0 spiro atoms. The first-order valence-electron chi connectivity index (χ1n) is 7.53. The normalized spacial score (nSPS) is 18.3. The predicted octanol–water partition coefficient (Wildman–Crippen LogP) is 1.91. The summed E-state index contributed by atoms with van der Waals surface area (Å²) >= 11 is 0. The molecule has 1 fully saturated rings. The largest absolute Gasteiger partial charge is 0.493 e. The summed E-state index contributed by atoms with van der Waals surface area (Å²) in [5, 5.41) is 11.9. The van der Waals surface area contributed by atoms with Gasteiger partial charge in [0.2, 0.25) is 5.91 Å². The van der Waals surface area contributed by atoms with E-state index in [1.807, 2.05) is 18.2 Å². The molecule has 1 aromatic rings. The lowest BCUT2D eigenvalue weighted by molar-refractivity contribution is -0.116. The van der Waals surface area contributed by atoms with Crippen LogP contribution in [0.5, 0.6) is 5.75 Å². The SMILES string of the molecule is O=C(/C=C/c1ccc2c(c1)CCO2)NCC1(CCO)CC1. The maximum absolute atomic E-state index is 11.8. The summed E-state index contributed by atoms with van der Waals surface area (Å²) in [4.78, 5) is 11.8. The Morgan fingerprint density at radius 2 is 2.29 bits per heavy atom. The summed E-state index contributed by atoms with van der Waals surface area (Å²) in [5.41, 5.74) is 2.38. The van der Waals surface area contributed by atoms with E-state index in [-0.39, 0.29) is 17.9 Å². The predicted molar refractivity (Wildman–Crippen MR) is 81.1 cm³/mol. The summed E-state index contributed by atoms with van der Waals surface area (Å²) in [6, 6.07) is 5.99. The molecule has 1 aromatic carbocycles. The highest BCUT2D eigenvalue weighted by Gasteiger charge is 2.41. The number of hydrogen-bond donors (Lipinski definition) is 2. The fourth-order valence-corrected chi connectivity index (χ4v) is 2.74. The second-order valence-electron chi connectivity index (χ2n) is 5.99. The van der Waals surface area contributed by atoms with Crippen molar-refractivity contribution in [2.75, 3.05) is 19.8 Å². The number of nitrogens with one attached hydrogen (secondary N) is 1. The average Bonchev–Trinajstić information content (AvgIpc) is 3.09. The number of rotatable bonds is 6. The smallest absolute Gasteiger partial charge is 0.244 e. The third kappa shape index (κ3) is 3.45. The Labute approximate surface area is 124 Å². The second kappa shape index (κ2) is 5.90. The van der Waals surface area contributed by atoms with Gasteiger partial charge in [-0.05, 0) is 54.0 Å². The van der Waals surface area contributed by atoms with Gasteiger partial charge in [0.25, 0.3) is 0 Å². The summed E-state index contributed by atoms with van der Waals surface area (Å²) < 4.78 is 5.46. The van der Waals surface area contributed by atoms with Crippen molar-refractivity contribution in [3.8, 4) is 5.75 Å². The molecule has 2 aliphatic rings. The highest BCUT2D eigenvalue weighted by Crippen LogP contribution is 2.47. The van der Waals surface area contributed by atoms with Crippen LogP contribution < -0.4 is 10.1 Å². The molecule has 2 N–H and O–H groups in total. The number of carbonyl (C=O) groups excluding carboxylic acids is 1. The molecule has 0 radical (unpaired) electrons. The number of aliphatic hydroxyl groups is 1. The van der Waals surface area contributed by atoms with E-state index in [0.717, 1.165) is 43.6 Å². The third-order valence-electron chi connectivity index (χ3n) is 4.38. The van der Waals surface area contributed by atoms with E-state index in [1.54, 1.807) is 6.08 Å². The average molecular weight is 287 g/mol.